The molecule has 1 aromatic heterocycles. The second kappa shape index (κ2) is 4.84. The minimum atomic E-state index is -0.388. The predicted molar refractivity (Wildman–Crippen MR) is 57.8 cm³/mol. The molecule has 0 aliphatic carbocycles. The third-order valence-corrected chi connectivity index (χ3v) is 2.73. The van der Waals surface area contributed by atoms with Crippen LogP contribution in [0.1, 0.15) is 25.3 Å². The van der Waals surface area contributed by atoms with E-state index in [-0.39, 0.29) is 22.6 Å². The van der Waals surface area contributed by atoms with Crippen LogP contribution < -0.4 is 5.32 Å². The number of likely N-dealkylation sites (N-methyl/N-ethyl adjacent to an activating group) is 1. The van der Waals surface area contributed by atoms with E-state index in [0.717, 1.165) is 5.56 Å². The molecular formula is C10H15N3O2. The van der Waals surface area contributed by atoms with Crippen molar-refractivity contribution >= 4 is 5.69 Å². The van der Waals surface area contributed by atoms with E-state index in [9.17, 15) is 10.1 Å². The Labute approximate surface area is 88.7 Å². The number of nitro groups is 1. The number of nitrogens with zero attached hydrogens (tertiary/aromatic N) is 2. The fourth-order valence-corrected chi connectivity index (χ4v) is 1.45. The van der Waals surface area contributed by atoms with Crippen LogP contribution in [0, 0.1) is 10.1 Å². The van der Waals surface area contributed by atoms with E-state index >= 15 is 0 Å². The molecule has 0 saturated heterocycles. The second-order valence-corrected chi connectivity index (χ2v) is 3.56. The predicted octanol–water partition coefficient (Wildman–Crippen LogP) is 1.70. The zero-order valence-corrected chi connectivity index (χ0v) is 9.10. The van der Waals surface area contributed by atoms with Gasteiger partial charge in [0.2, 0.25) is 0 Å². The smallest absolute Gasteiger partial charge is 0.291 e. The number of hydrogen-bond acceptors (Lipinski definition) is 4. The van der Waals surface area contributed by atoms with E-state index < -0.39 is 0 Å². The molecule has 0 aromatic carbocycles. The van der Waals surface area contributed by atoms with Gasteiger partial charge in [-0.1, -0.05) is 6.92 Å². The van der Waals surface area contributed by atoms with Crippen molar-refractivity contribution in [3.05, 3.63) is 34.1 Å². The Kier molecular flexibility index (Phi) is 3.74. The maximum Gasteiger partial charge on any atom is 0.291 e. The molecule has 0 bridgehead atoms. The van der Waals surface area contributed by atoms with Crippen LogP contribution >= 0.6 is 0 Å². The van der Waals surface area contributed by atoms with Gasteiger partial charge in [-0.25, -0.2) is 0 Å². The van der Waals surface area contributed by atoms with Crippen molar-refractivity contribution in [2.45, 2.75) is 25.8 Å². The van der Waals surface area contributed by atoms with Gasteiger partial charge >= 0.3 is 0 Å². The Hall–Kier alpha value is -1.49. The molecular weight excluding hydrogens is 194 g/mol. The monoisotopic (exact) mass is 209 g/mol. The summed E-state index contributed by atoms with van der Waals surface area (Å²) in [6.07, 6.45) is 2.88. The highest BCUT2D eigenvalue weighted by Crippen LogP contribution is 2.27. The van der Waals surface area contributed by atoms with Gasteiger partial charge in [0.05, 0.1) is 4.92 Å². The Morgan fingerprint density at radius 3 is 2.73 bits per heavy atom. The SMILES string of the molecule is CNC(C)C(C)c1ccncc1[N+](=O)[O-]. The molecule has 0 aliphatic rings. The highest BCUT2D eigenvalue weighted by atomic mass is 16.6. The second-order valence-electron chi connectivity index (χ2n) is 3.56. The van der Waals surface area contributed by atoms with Gasteiger partial charge < -0.3 is 5.32 Å². The normalized spacial score (nSPS) is 14.6. The zero-order chi connectivity index (χ0) is 11.4. The largest absolute Gasteiger partial charge is 0.317 e. The quantitative estimate of drug-likeness (QED) is 0.605. The van der Waals surface area contributed by atoms with Gasteiger partial charge in [0.25, 0.3) is 5.69 Å². The molecule has 5 nitrogen and oxygen atoms in total. The third kappa shape index (κ3) is 2.50. The van der Waals surface area contributed by atoms with Crippen molar-refractivity contribution in [1.82, 2.24) is 10.3 Å². The summed E-state index contributed by atoms with van der Waals surface area (Å²) >= 11 is 0. The summed E-state index contributed by atoms with van der Waals surface area (Å²) in [7, 11) is 1.84. The first-order valence-electron chi connectivity index (χ1n) is 4.83. The molecule has 2 unspecified atom stereocenters. The summed E-state index contributed by atoms with van der Waals surface area (Å²) in [6.45, 7) is 3.96. The number of rotatable bonds is 4. The van der Waals surface area contributed by atoms with Gasteiger partial charge in [-0.2, -0.15) is 0 Å². The van der Waals surface area contributed by atoms with Crippen molar-refractivity contribution in [3.8, 4) is 0 Å². The first-order chi connectivity index (χ1) is 7.07. The lowest BCUT2D eigenvalue weighted by Gasteiger charge is -2.19. The topological polar surface area (TPSA) is 68.1 Å². The molecule has 15 heavy (non-hydrogen) atoms. The fraction of sp³-hybridized carbons (Fsp3) is 0.500. The van der Waals surface area contributed by atoms with Crippen LogP contribution in [0.15, 0.2) is 18.5 Å². The van der Waals surface area contributed by atoms with E-state index in [2.05, 4.69) is 10.3 Å². The van der Waals surface area contributed by atoms with Crippen LogP contribution in [0.25, 0.3) is 0 Å². The molecule has 1 aromatic rings. The molecule has 1 heterocycles. The molecule has 0 fully saturated rings. The molecule has 0 radical (unpaired) electrons. The Morgan fingerprint density at radius 2 is 2.20 bits per heavy atom. The lowest BCUT2D eigenvalue weighted by Crippen LogP contribution is -2.27. The van der Waals surface area contributed by atoms with Crippen molar-refractivity contribution in [2.24, 2.45) is 0 Å². The van der Waals surface area contributed by atoms with Crippen molar-refractivity contribution in [2.75, 3.05) is 7.05 Å². The Bertz CT molecular complexity index is 354. The minimum absolute atomic E-state index is 0.0819. The van der Waals surface area contributed by atoms with Crippen molar-refractivity contribution in [1.29, 1.82) is 0 Å². The van der Waals surface area contributed by atoms with E-state index in [1.165, 1.54) is 6.20 Å². The van der Waals surface area contributed by atoms with E-state index in [0.29, 0.717) is 0 Å². The van der Waals surface area contributed by atoms with Crippen LogP contribution in [0.2, 0.25) is 0 Å². The first-order valence-corrected chi connectivity index (χ1v) is 4.83. The third-order valence-electron chi connectivity index (χ3n) is 2.73. The molecule has 0 aliphatic heterocycles. The maximum atomic E-state index is 10.8. The summed E-state index contributed by atoms with van der Waals surface area (Å²) in [5.41, 5.74) is 0.809. The summed E-state index contributed by atoms with van der Waals surface area (Å²) < 4.78 is 0. The van der Waals surface area contributed by atoms with E-state index in [1.54, 1.807) is 12.3 Å². The van der Waals surface area contributed by atoms with Crippen LogP contribution in [0.5, 0.6) is 0 Å². The summed E-state index contributed by atoms with van der Waals surface area (Å²) in [6, 6.07) is 1.89. The number of hydrogen-bond donors (Lipinski definition) is 1. The molecule has 0 amide bonds. The summed E-state index contributed by atoms with van der Waals surface area (Å²) in [4.78, 5) is 14.2. The molecule has 1 N–H and O–H groups in total. The zero-order valence-electron chi connectivity index (χ0n) is 9.10. The average Bonchev–Trinajstić information content (AvgIpc) is 2.27. The number of pyridine rings is 1. The molecule has 0 saturated carbocycles. The highest BCUT2D eigenvalue weighted by Gasteiger charge is 2.21. The molecule has 2 atom stereocenters. The molecule has 82 valence electrons. The van der Waals surface area contributed by atoms with Crippen molar-refractivity contribution in [3.63, 3.8) is 0 Å². The fourth-order valence-electron chi connectivity index (χ4n) is 1.45. The Morgan fingerprint density at radius 1 is 1.53 bits per heavy atom. The lowest BCUT2D eigenvalue weighted by molar-refractivity contribution is -0.386. The maximum absolute atomic E-state index is 10.8. The van der Waals surface area contributed by atoms with Crippen LogP contribution in [-0.2, 0) is 0 Å². The van der Waals surface area contributed by atoms with Gasteiger partial charge in [0.1, 0.15) is 6.20 Å². The standard InChI is InChI=1S/C10H15N3O2/c1-7(8(2)11-3)9-4-5-12-6-10(9)13(14)15/h4-8,11H,1-3H3. The molecule has 5 heteroatoms. The molecule has 0 spiro atoms. The van der Waals surface area contributed by atoms with Crippen LogP contribution in [0.3, 0.4) is 0 Å². The Balaban J connectivity index is 3.07. The first kappa shape index (κ1) is 11.6. The van der Waals surface area contributed by atoms with Gasteiger partial charge in [0.15, 0.2) is 0 Å². The average molecular weight is 209 g/mol. The van der Waals surface area contributed by atoms with Gasteiger partial charge in [0, 0.05) is 23.7 Å². The number of aromatic nitrogens is 1. The number of nitrogens with one attached hydrogen (secondary N) is 1. The van der Waals surface area contributed by atoms with Crippen molar-refractivity contribution < 1.29 is 4.92 Å². The van der Waals surface area contributed by atoms with E-state index in [1.807, 2.05) is 20.9 Å². The van der Waals surface area contributed by atoms with Crippen LogP contribution in [-0.4, -0.2) is 23.0 Å². The van der Waals surface area contributed by atoms with Crippen LogP contribution in [0.4, 0.5) is 5.69 Å². The van der Waals surface area contributed by atoms with Gasteiger partial charge in [-0.15, -0.1) is 0 Å². The molecule has 1 rings (SSSR count). The summed E-state index contributed by atoms with van der Waals surface area (Å²) in [5, 5.41) is 13.9. The highest BCUT2D eigenvalue weighted by molar-refractivity contribution is 5.39. The van der Waals surface area contributed by atoms with Gasteiger partial charge in [-0.3, -0.25) is 15.1 Å². The lowest BCUT2D eigenvalue weighted by atomic mass is 9.94. The van der Waals surface area contributed by atoms with Gasteiger partial charge in [-0.05, 0) is 20.0 Å². The minimum Gasteiger partial charge on any atom is -0.317 e. The van der Waals surface area contributed by atoms with E-state index in [4.69, 9.17) is 0 Å². The summed E-state index contributed by atoms with van der Waals surface area (Å²) in [5.74, 6) is 0.0819.